The minimum Gasteiger partial charge on any atom is -0.375 e. The van der Waals surface area contributed by atoms with Gasteiger partial charge in [0.15, 0.2) is 5.60 Å². The first-order valence-corrected chi connectivity index (χ1v) is 6.03. The number of hydrogen-bond acceptors (Lipinski definition) is 3. The monoisotopic (exact) mass is 247 g/mol. The van der Waals surface area contributed by atoms with E-state index in [2.05, 4.69) is 0 Å². The Morgan fingerprint density at radius 3 is 2.56 bits per heavy atom. The highest BCUT2D eigenvalue weighted by molar-refractivity contribution is 6.09. The molecule has 1 aliphatic heterocycles. The first kappa shape index (κ1) is 12.8. The number of rotatable bonds is 3. The summed E-state index contributed by atoms with van der Waals surface area (Å²) in [6.07, 6.45) is -0.175. The lowest BCUT2D eigenvalue weighted by atomic mass is 9.90. The fraction of sp³-hybridized carbons (Fsp3) is 0.429. The summed E-state index contributed by atoms with van der Waals surface area (Å²) >= 11 is 0. The lowest BCUT2D eigenvalue weighted by molar-refractivity contribution is -0.141. The van der Waals surface area contributed by atoms with Crippen molar-refractivity contribution in [3.8, 4) is 0 Å². The van der Waals surface area contributed by atoms with Crippen molar-refractivity contribution >= 4 is 17.4 Å². The van der Waals surface area contributed by atoms with Gasteiger partial charge < -0.3 is 10.0 Å². The molecule has 1 unspecified atom stereocenters. The highest BCUT2D eigenvalue weighted by atomic mass is 16.3. The molecular formula is C14H17NO3. The average molecular weight is 247 g/mol. The summed E-state index contributed by atoms with van der Waals surface area (Å²) in [7, 11) is 0. The highest BCUT2D eigenvalue weighted by Crippen LogP contribution is 2.43. The van der Waals surface area contributed by atoms with Gasteiger partial charge in [0.05, 0.1) is 5.69 Å². The number of carbonyl (C=O) groups is 2. The number of ketones is 1. The van der Waals surface area contributed by atoms with Gasteiger partial charge in [0.25, 0.3) is 5.91 Å². The van der Waals surface area contributed by atoms with Crippen molar-refractivity contribution < 1.29 is 14.7 Å². The molecule has 0 aliphatic carbocycles. The molecule has 0 radical (unpaired) electrons. The normalized spacial score (nSPS) is 22.5. The number of amides is 1. The van der Waals surface area contributed by atoms with Crippen LogP contribution in [0.25, 0.3) is 0 Å². The van der Waals surface area contributed by atoms with Crippen LogP contribution in [-0.4, -0.2) is 22.8 Å². The third-order valence-corrected chi connectivity index (χ3v) is 3.20. The molecule has 1 N–H and O–H groups in total. The summed E-state index contributed by atoms with van der Waals surface area (Å²) in [6, 6.07) is 7.03. The molecule has 1 amide bonds. The molecule has 0 bridgehead atoms. The molecule has 0 spiro atoms. The quantitative estimate of drug-likeness (QED) is 0.882. The van der Waals surface area contributed by atoms with Gasteiger partial charge in [0.1, 0.15) is 5.78 Å². The van der Waals surface area contributed by atoms with Crippen molar-refractivity contribution in [3.63, 3.8) is 0 Å². The van der Waals surface area contributed by atoms with Crippen LogP contribution in [0.1, 0.15) is 32.8 Å². The van der Waals surface area contributed by atoms with Crippen LogP contribution in [0.3, 0.4) is 0 Å². The standard InChI is InChI=1S/C14H17NO3/c1-9(2)15-12-7-5-4-6-11(12)14(18,13(15)17)8-10(3)16/h4-7,9,18H,8H2,1-3H3. The number of aliphatic hydroxyl groups is 1. The summed E-state index contributed by atoms with van der Waals surface area (Å²) in [5, 5.41) is 10.6. The Morgan fingerprint density at radius 2 is 2.00 bits per heavy atom. The van der Waals surface area contributed by atoms with Gasteiger partial charge in [-0.25, -0.2) is 0 Å². The van der Waals surface area contributed by atoms with Crippen LogP contribution in [0.5, 0.6) is 0 Å². The van der Waals surface area contributed by atoms with Crippen LogP contribution in [0.15, 0.2) is 24.3 Å². The molecule has 0 saturated carbocycles. The Morgan fingerprint density at radius 1 is 1.39 bits per heavy atom. The van der Waals surface area contributed by atoms with Crippen molar-refractivity contribution in [1.82, 2.24) is 0 Å². The fourth-order valence-electron chi connectivity index (χ4n) is 2.50. The Kier molecular flexibility index (Phi) is 2.99. The van der Waals surface area contributed by atoms with Gasteiger partial charge in [-0.2, -0.15) is 0 Å². The molecule has 2 rings (SSSR count). The van der Waals surface area contributed by atoms with E-state index in [0.29, 0.717) is 11.3 Å². The predicted molar refractivity (Wildman–Crippen MR) is 68.3 cm³/mol. The molecule has 4 heteroatoms. The Labute approximate surface area is 106 Å². The fourth-order valence-corrected chi connectivity index (χ4v) is 2.50. The van der Waals surface area contributed by atoms with Crippen LogP contribution in [0, 0.1) is 0 Å². The number of fused-ring (bicyclic) bond motifs is 1. The molecule has 1 atom stereocenters. The van der Waals surface area contributed by atoms with E-state index in [1.165, 1.54) is 6.92 Å². The van der Waals surface area contributed by atoms with Crippen LogP contribution in [-0.2, 0) is 15.2 Å². The number of Topliss-reactive ketones (excluding diaryl/α,β-unsaturated/α-hetero) is 1. The molecule has 0 fully saturated rings. The van der Waals surface area contributed by atoms with E-state index < -0.39 is 11.5 Å². The molecule has 1 heterocycles. The van der Waals surface area contributed by atoms with E-state index in [1.807, 2.05) is 19.9 Å². The van der Waals surface area contributed by atoms with Gasteiger partial charge in [-0.1, -0.05) is 18.2 Å². The SMILES string of the molecule is CC(=O)CC1(O)C(=O)N(C(C)C)c2ccccc21. The third-order valence-electron chi connectivity index (χ3n) is 3.20. The molecule has 1 aromatic carbocycles. The van der Waals surface area contributed by atoms with E-state index in [4.69, 9.17) is 0 Å². The minimum absolute atomic E-state index is 0.0559. The molecule has 0 saturated heterocycles. The summed E-state index contributed by atoms with van der Waals surface area (Å²) in [5.74, 6) is -0.611. The number of carbonyl (C=O) groups excluding carboxylic acids is 2. The molecule has 1 aromatic rings. The summed E-state index contributed by atoms with van der Waals surface area (Å²) in [6.45, 7) is 5.15. The molecule has 96 valence electrons. The van der Waals surface area contributed by atoms with Crippen molar-refractivity contribution in [2.45, 2.75) is 38.8 Å². The molecule has 4 nitrogen and oxygen atoms in total. The molecule has 0 aromatic heterocycles. The zero-order chi connectivity index (χ0) is 13.5. The maximum Gasteiger partial charge on any atom is 0.264 e. The predicted octanol–water partition coefficient (Wildman–Crippen LogP) is 1.61. The van der Waals surface area contributed by atoms with Crippen LogP contribution in [0.2, 0.25) is 0 Å². The molecule has 18 heavy (non-hydrogen) atoms. The molecular weight excluding hydrogens is 230 g/mol. The number of anilines is 1. The van der Waals surface area contributed by atoms with Gasteiger partial charge in [0.2, 0.25) is 0 Å². The minimum atomic E-state index is -1.70. The smallest absolute Gasteiger partial charge is 0.264 e. The average Bonchev–Trinajstić information content (AvgIpc) is 2.48. The number of benzene rings is 1. The van der Waals surface area contributed by atoms with E-state index in [9.17, 15) is 14.7 Å². The zero-order valence-electron chi connectivity index (χ0n) is 10.8. The maximum atomic E-state index is 12.4. The lowest BCUT2D eigenvalue weighted by Crippen LogP contribution is -2.44. The van der Waals surface area contributed by atoms with Gasteiger partial charge in [-0.15, -0.1) is 0 Å². The number of hydrogen-bond donors (Lipinski definition) is 1. The number of para-hydroxylation sites is 1. The topological polar surface area (TPSA) is 57.6 Å². The van der Waals surface area contributed by atoms with E-state index in [0.717, 1.165) is 0 Å². The second-order valence-corrected chi connectivity index (χ2v) is 5.03. The van der Waals surface area contributed by atoms with Crippen LogP contribution < -0.4 is 4.90 Å². The Balaban J connectivity index is 2.58. The van der Waals surface area contributed by atoms with Gasteiger partial charge >= 0.3 is 0 Å². The largest absolute Gasteiger partial charge is 0.375 e. The molecule has 1 aliphatic rings. The summed E-state index contributed by atoms with van der Waals surface area (Å²) in [5.41, 5.74) is -0.479. The summed E-state index contributed by atoms with van der Waals surface area (Å²) < 4.78 is 0. The van der Waals surface area contributed by atoms with Gasteiger partial charge in [0, 0.05) is 18.0 Å². The second-order valence-electron chi connectivity index (χ2n) is 5.03. The first-order chi connectivity index (χ1) is 8.38. The van der Waals surface area contributed by atoms with Gasteiger partial charge in [-0.05, 0) is 26.8 Å². The zero-order valence-corrected chi connectivity index (χ0v) is 10.8. The van der Waals surface area contributed by atoms with Crippen molar-refractivity contribution in [2.24, 2.45) is 0 Å². The van der Waals surface area contributed by atoms with Crippen molar-refractivity contribution in [1.29, 1.82) is 0 Å². The van der Waals surface area contributed by atoms with E-state index in [-0.39, 0.29) is 18.2 Å². The van der Waals surface area contributed by atoms with E-state index >= 15 is 0 Å². The maximum absolute atomic E-state index is 12.4. The number of nitrogens with zero attached hydrogens (tertiary/aromatic N) is 1. The highest BCUT2D eigenvalue weighted by Gasteiger charge is 2.50. The van der Waals surface area contributed by atoms with Crippen LogP contribution in [0.4, 0.5) is 5.69 Å². The summed E-state index contributed by atoms with van der Waals surface area (Å²) in [4.78, 5) is 25.2. The van der Waals surface area contributed by atoms with Crippen molar-refractivity contribution in [3.05, 3.63) is 29.8 Å². The Bertz CT molecular complexity index is 510. The van der Waals surface area contributed by atoms with E-state index in [1.54, 1.807) is 23.1 Å². The third kappa shape index (κ3) is 1.73. The first-order valence-electron chi connectivity index (χ1n) is 6.03. The Hall–Kier alpha value is -1.68. The van der Waals surface area contributed by atoms with Crippen molar-refractivity contribution in [2.75, 3.05) is 4.90 Å². The second kappa shape index (κ2) is 4.21. The van der Waals surface area contributed by atoms with Crippen LogP contribution >= 0.6 is 0 Å². The van der Waals surface area contributed by atoms with Gasteiger partial charge in [-0.3, -0.25) is 9.59 Å². The lowest BCUT2D eigenvalue weighted by Gasteiger charge is -2.24.